The van der Waals surface area contributed by atoms with E-state index in [1.165, 1.54) is 24.3 Å². The largest absolute Gasteiger partial charge is 0.376 e. The van der Waals surface area contributed by atoms with Gasteiger partial charge in [0.25, 0.3) is 15.9 Å². The predicted octanol–water partition coefficient (Wildman–Crippen LogP) is 3.34. The van der Waals surface area contributed by atoms with E-state index in [9.17, 15) is 26.8 Å². The van der Waals surface area contributed by atoms with Crippen LogP contribution in [0, 0.1) is 11.6 Å². The molecule has 2 aromatic carbocycles. The van der Waals surface area contributed by atoms with Crippen LogP contribution in [-0.4, -0.2) is 43.3 Å². The molecule has 1 aliphatic rings. The smallest absolute Gasteiger partial charge is 0.269 e. The van der Waals surface area contributed by atoms with Gasteiger partial charge in [-0.2, -0.15) is 0 Å². The molecule has 0 saturated carbocycles. The van der Waals surface area contributed by atoms with Crippen LogP contribution in [0.3, 0.4) is 0 Å². The summed E-state index contributed by atoms with van der Waals surface area (Å²) in [7, 11) is -4.17. The molecule has 1 aliphatic heterocycles. The van der Waals surface area contributed by atoms with Crippen LogP contribution < -0.4 is 5.32 Å². The summed E-state index contributed by atoms with van der Waals surface area (Å²) in [6, 6.07) is 12.0. The average Bonchev–Trinajstić information content (AvgIpc) is 3.50. The molecule has 0 radical (unpaired) electrons. The van der Waals surface area contributed by atoms with Crippen LogP contribution in [0.1, 0.15) is 39.3 Å². The van der Waals surface area contributed by atoms with Crippen LogP contribution in [0.25, 0.3) is 0 Å². The van der Waals surface area contributed by atoms with E-state index in [1.54, 1.807) is 18.2 Å². The SMILES string of the molecule is O=C(Cc1cc(C(=O)NCC2CCCO2)n(S(=O)(=O)c2ccccc2)c1)c1cccc(F)c1F. The Kier molecular flexibility index (Phi) is 6.90. The lowest BCUT2D eigenvalue weighted by atomic mass is 10.0. The van der Waals surface area contributed by atoms with Gasteiger partial charge in [-0.3, -0.25) is 9.59 Å². The van der Waals surface area contributed by atoms with Gasteiger partial charge in [0.2, 0.25) is 0 Å². The monoisotopic (exact) mass is 488 g/mol. The number of carbonyl (C=O) groups is 2. The number of halogens is 2. The van der Waals surface area contributed by atoms with Gasteiger partial charge in [-0.15, -0.1) is 0 Å². The molecule has 1 N–H and O–H groups in total. The quantitative estimate of drug-likeness (QED) is 0.491. The molecular formula is C24H22F2N2O5S. The van der Waals surface area contributed by atoms with Gasteiger partial charge >= 0.3 is 0 Å². The number of rotatable bonds is 8. The number of hydrogen-bond acceptors (Lipinski definition) is 5. The number of hydrogen-bond donors (Lipinski definition) is 1. The van der Waals surface area contributed by atoms with E-state index in [4.69, 9.17) is 4.74 Å². The van der Waals surface area contributed by atoms with E-state index in [1.807, 2.05) is 0 Å². The van der Waals surface area contributed by atoms with Crippen molar-refractivity contribution >= 4 is 21.7 Å². The number of nitrogens with zero attached hydrogens (tertiary/aromatic N) is 1. The Morgan fingerprint density at radius 1 is 1.09 bits per heavy atom. The summed E-state index contributed by atoms with van der Waals surface area (Å²) >= 11 is 0. The predicted molar refractivity (Wildman–Crippen MR) is 119 cm³/mol. The number of aromatic nitrogens is 1. The van der Waals surface area contributed by atoms with Crippen molar-refractivity contribution in [2.75, 3.05) is 13.2 Å². The Bertz CT molecular complexity index is 1320. The first-order valence-electron chi connectivity index (χ1n) is 10.7. The number of nitrogens with one attached hydrogen (secondary N) is 1. The van der Waals surface area contributed by atoms with Crippen molar-refractivity contribution in [3.05, 3.63) is 89.2 Å². The summed E-state index contributed by atoms with van der Waals surface area (Å²) in [4.78, 5) is 25.5. The number of carbonyl (C=O) groups excluding carboxylic acids is 2. The lowest BCUT2D eigenvalue weighted by Crippen LogP contribution is -2.33. The van der Waals surface area contributed by atoms with Crippen LogP contribution in [0.15, 0.2) is 65.7 Å². The zero-order chi connectivity index (χ0) is 24.3. The number of ether oxygens (including phenoxy) is 1. The molecule has 178 valence electrons. The van der Waals surface area contributed by atoms with Crippen molar-refractivity contribution in [1.29, 1.82) is 0 Å². The summed E-state index contributed by atoms with van der Waals surface area (Å²) in [5, 5.41) is 2.68. The lowest BCUT2D eigenvalue weighted by Gasteiger charge is -2.13. The van der Waals surface area contributed by atoms with Gasteiger partial charge in [-0.05, 0) is 48.7 Å². The van der Waals surface area contributed by atoms with Crippen LogP contribution >= 0.6 is 0 Å². The van der Waals surface area contributed by atoms with Crippen molar-refractivity contribution in [3.63, 3.8) is 0 Å². The molecule has 7 nitrogen and oxygen atoms in total. The second-order valence-electron chi connectivity index (χ2n) is 7.89. The number of amides is 1. The van der Waals surface area contributed by atoms with Crippen molar-refractivity contribution in [2.45, 2.75) is 30.3 Å². The van der Waals surface area contributed by atoms with E-state index in [0.717, 1.165) is 35.1 Å². The average molecular weight is 489 g/mol. The maximum absolute atomic E-state index is 14.1. The molecule has 1 amide bonds. The Morgan fingerprint density at radius 3 is 2.56 bits per heavy atom. The van der Waals surface area contributed by atoms with E-state index in [-0.39, 0.29) is 28.8 Å². The van der Waals surface area contributed by atoms with E-state index >= 15 is 0 Å². The van der Waals surface area contributed by atoms with Crippen molar-refractivity contribution < 1.29 is 31.5 Å². The number of benzene rings is 2. The molecule has 1 aromatic heterocycles. The summed E-state index contributed by atoms with van der Waals surface area (Å²) in [6.45, 7) is 0.806. The highest BCUT2D eigenvalue weighted by Gasteiger charge is 2.26. The van der Waals surface area contributed by atoms with Gasteiger partial charge in [0.15, 0.2) is 17.4 Å². The molecule has 10 heteroatoms. The van der Waals surface area contributed by atoms with E-state index in [0.29, 0.717) is 6.61 Å². The van der Waals surface area contributed by atoms with Crippen LogP contribution in [0.4, 0.5) is 8.78 Å². The number of ketones is 1. The van der Waals surface area contributed by atoms with Crippen LogP contribution in [0.5, 0.6) is 0 Å². The molecule has 3 aromatic rings. The molecule has 1 atom stereocenters. The first kappa shape index (κ1) is 23.8. The maximum atomic E-state index is 14.1. The standard InChI is InChI=1S/C24H22F2N2O5S/c25-20-10-4-9-19(23(20)26)22(29)13-16-12-21(24(30)27-14-17-6-5-11-33-17)28(15-16)34(31,32)18-7-2-1-3-8-18/h1-4,7-10,12,15,17H,5-6,11,13-14H2,(H,27,30). The molecule has 2 heterocycles. The summed E-state index contributed by atoms with van der Waals surface area (Å²) < 4.78 is 60.4. The fourth-order valence-electron chi connectivity index (χ4n) is 3.77. The van der Waals surface area contributed by atoms with Crippen LogP contribution in [0.2, 0.25) is 0 Å². The van der Waals surface area contributed by atoms with Crippen LogP contribution in [-0.2, 0) is 21.2 Å². The molecule has 0 spiro atoms. The maximum Gasteiger partial charge on any atom is 0.269 e. The summed E-state index contributed by atoms with van der Waals surface area (Å²) in [5.41, 5.74) is -0.497. The third-order valence-corrected chi connectivity index (χ3v) is 7.19. The molecule has 1 fully saturated rings. The molecule has 0 aliphatic carbocycles. The van der Waals surface area contributed by atoms with Gasteiger partial charge in [-0.1, -0.05) is 24.3 Å². The van der Waals surface area contributed by atoms with Gasteiger partial charge in [-0.25, -0.2) is 21.2 Å². The van der Waals surface area contributed by atoms with Crippen molar-refractivity contribution in [3.8, 4) is 0 Å². The second-order valence-corrected chi connectivity index (χ2v) is 9.71. The zero-order valence-corrected chi connectivity index (χ0v) is 18.9. The third kappa shape index (κ3) is 4.92. The summed E-state index contributed by atoms with van der Waals surface area (Å²) in [6.07, 6.45) is 2.22. The van der Waals surface area contributed by atoms with Crippen molar-refractivity contribution in [2.24, 2.45) is 0 Å². The Balaban J connectivity index is 1.66. The van der Waals surface area contributed by atoms with Gasteiger partial charge in [0, 0.05) is 25.8 Å². The molecule has 1 saturated heterocycles. The minimum Gasteiger partial charge on any atom is -0.376 e. The first-order chi connectivity index (χ1) is 16.3. The normalized spacial score (nSPS) is 15.9. The minimum absolute atomic E-state index is 0.0483. The van der Waals surface area contributed by atoms with Gasteiger partial charge in [0.05, 0.1) is 16.6 Å². The fourth-order valence-corrected chi connectivity index (χ4v) is 5.16. The lowest BCUT2D eigenvalue weighted by molar-refractivity contribution is 0.0852. The second kappa shape index (κ2) is 9.86. The topological polar surface area (TPSA) is 94.5 Å². The highest BCUT2D eigenvalue weighted by Crippen LogP contribution is 2.21. The zero-order valence-electron chi connectivity index (χ0n) is 18.0. The highest BCUT2D eigenvalue weighted by atomic mass is 32.2. The molecule has 34 heavy (non-hydrogen) atoms. The highest BCUT2D eigenvalue weighted by molar-refractivity contribution is 7.90. The Hall–Kier alpha value is -3.37. The Morgan fingerprint density at radius 2 is 1.85 bits per heavy atom. The minimum atomic E-state index is -4.17. The van der Waals surface area contributed by atoms with Gasteiger partial charge in [0.1, 0.15) is 5.69 Å². The summed E-state index contributed by atoms with van der Waals surface area (Å²) in [5.74, 6) is -3.86. The molecular weight excluding hydrogens is 466 g/mol. The first-order valence-corrected chi connectivity index (χ1v) is 12.1. The van der Waals surface area contributed by atoms with Gasteiger partial charge < -0.3 is 10.1 Å². The Labute approximate surface area is 195 Å². The molecule has 4 rings (SSSR count). The van der Waals surface area contributed by atoms with E-state index < -0.39 is 45.3 Å². The molecule has 1 unspecified atom stereocenters. The number of Topliss-reactive ketones (excluding diaryl/α,β-unsaturated/α-hetero) is 1. The molecule has 0 bridgehead atoms. The van der Waals surface area contributed by atoms with E-state index in [2.05, 4.69) is 5.32 Å². The fraction of sp³-hybridized carbons (Fsp3) is 0.250. The van der Waals surface area contributed by atoms with Crippen molar-refractivity contribution in [1.82, 2.24) is 9.29 Å². The third-order valence-electron chi connectivity index (χ3n) is 5.51.